The maximum Gasteiger partial charge on any atom is 0.308 e. The lowest BCUT2D eigenvalue weighted by atomic mass is 10.1. The van der Waals surface area contributed by atoms with Crippen LogP contribution in [0.25, 0.3) is 12.2 Å². The van der Waals surface area contributed by atoms with Gasteiger partial charge >= 0.3 is 5.97 Å². The van der Waals surface area contributed by atoms with Crippen LogP contribution in [0.1, 0.15) is 18.1 Å². The van der Waals surface area contributed by atoms with Crippen LogP contribution in [0, 0.1) is 0 Å². The zero-order chi connectivity index (χ0) is 15.8. The predicted molar refractivity (Wildman–Crippen MR) is 85.6 cm³/mol. The summed E-state index contributed by atoms with van der Waals surface area (Å²) in [5, 5.41) is 0. The van der Waals surface area contributed by atoms with Crippen molar-refractivity contribution in [2.45, 2.75) is 6.92 Å². The molecule has 0 saturated heterocycles. The van der Waals surface area contributed by atoms with Crippen molar-refractivity contribution >= 4 is 18.1 Å². The Balaban J connectivity index is 2.09. The Kier molecular flexibility index (Phi) is 5.74. The molecule has 2 rings (SSSR count). The Bertz CT molecular complexity index is 644. The third-order valence-electron chi connectivity index (χ3n) is 2.85. The van der Waals surface area contributed by atoms with Gasteiger partial charge in [0.1, 0.15) is 11.5 Å². The van der Waals surface area contributed by atoms with Gasteiger partial charge in [-0.3, -0.25) is 4.79 Å². The molecule has 0 amide bonds. The molecule has 0 bridgehead atoms. The van der Waals surface area contributed by atoms with Crippen LogP contribution in [-0.4, -0.2) is 19.9 Å². The summed E-state index contributed by atoms with van der Waals surface area (Å²) in [4.78, 5) is 10.9. The van der Waals surface area contributed by atoms with Crippen LogP contribution in [0.5, 0.6) is 11.5 Å². The maximum absolute atomic E-state index is 10.9. The average Bonchev–Trinajstić information content (AvgIpc) is 2.52. The molecule has 0 aliphatic heterocycles. The number of para-hydroxylation sites is 1. The highest BCUT2D eigenvalue weighted by molar-refractivity contribution is 5.73. The third-order valence-corrected chi connectivity index (χ3v) is 2.85. The fourth-order valence-corrected chi connectivity index (χ4v) is 1.87. The van der Waals surface area contributed by atoms with Crippen LogP contribution in [0.4, 0.5) is 0 Å². The maximum atomic E-state index is 10.9. The van der Waals surface area contributed by atoms with Gasteiger partial charge in [0.05, 0.1) is 0 Å². The van der Waals surface area contributed by atoms with Crippen molar-refractivity contribution in [1.82, 2.24) is 0 Å². The summed E-state index contributed by atoms with van der Waals surface area (Å²) in [6.07, 6.45) is 3.93. The molecule has 0 heterocycles. The van der Waals surface area contributed by atoms with E-state index in [4.69, 9.17) is 14.2 Å². The molecule has 0 aliphatic carbocycles. The number of hydrogen-bond donors (Lipinski definition) is 0. The lowest BCUT2D eigenvalue weighted by Gasteiger charge is -2.07. The van der Waals surface area contributed by atoms with Gasteiger partial charge in [-0.1, -0.05) is 42.5 Å². The molecule has 0 radical (unpaired) electrons. The number of ether oxygens (including phenoxy) is 3. The number of methoxy groups -OCH3 is 1. The van der Waals surface area contributed by atoms with Gasteiger partial charge in [-0.25, -0.2) is 0 Å². The van der Waals surface area contributed by atoms with Crippen LogP contribution < -0.4 is 9.47 Å². The SMILES string of the molecule is COCOc1ccccc1/C=C\c1ccc(OC(C)=O)cc1. The molecule has 22 heavy (non-hydrogen) atoms. The Hall–Kier alpha value is -2.59. The van der Waals surface area contributed by atoms with Crippen LogP contribution in [0.3, 0.4) is 0 Å². The second-order valence-corrected chi connectivity index (χ2v) is 4.58. The Morgan fingerprint density at radius 3 is 2.45 bits per heavy atom. The van der Waals surface area contributed by atoms with Gasteiger partial charge in [0.15, 0.2) is 6.79 Å². The van der Waals surface area contributed by atoms with Crippen LogP contribution >= 0.6 is 0 Å². The van der Waals surface area contributed by atoms with Gasteiger partial charge in [-0.05, 0) is 23.8 Å². The number of rotatable bonds is 6. The molecule has 0 atom stereocenters. The fraction of sp³-hybridized carbons (Fsp3) is 0.167. The number of carbonyl (C=O) groups excluding carboxylic acids is 1. The van der Waals surface area contributed by atoms with E-state index in [1.54, 1.807) is 19.2 Å². The Morgan fingerprint density at radius 2 is 1.77 bits per heavy atom. The van der Waals surface area contributed by atoms with Crippen molar-refractivity contribution in [3.8, 4) is 11.5 Å². The molecule has 2 aromatic rings. The summed E-state index contributed by atoms with van der Waals surface area (Å²) in [7, 11) is 1.59. The van der Waals surface area contributed by atoms with Crippen molar-refractivity contribution < 1.29 is 19.0 Å². The molecular formula is C18H18O4. The van der Waals surface area contributed by atoms with Crippen molar-refractivity contribution in [3.63, 3.8) is 0 Å². The molecule has 0 spiro atoms. The first kappa shape index (κ1) is 15.8. The zero-order valence-electron chi connectivity index (χ0n) is 12.6. The van der Waals surface area contributed by atoms with Crippen molar-refractivity contribution in [2.75, 3.05) is 13.9 Å². The Morgan fingerprint density at radius 1 is 1.05 bits per heavy atom. The first-order valence-electron chi connectivity index (χ1n) is 6.86. The van der Waals surface area contributed by atoms with Gasteiger partial charge in [-0.2, -0.15) is 0 Å². The normalized spacial score (nSPS) is 10.6. The molecule has 0 aromatic heterocycles. The summed E-state index contributed by atoms with van der Waals surface area (Å²) in [5.41, 5.74) is 1.96. The number of esters is 1. The van der Waals surface area contributed by atoms with E-state index in [0.717, 1.165) is 16.9 Å². The molecule has 0 fully saturated rings. The Labute approximate surface area is 129 Å². The average molecular weight is 298 g/mol. The van der Waals surface area contributed by atoms with E-state index < -0.39 is 0 Å². The largest absolute Gasteiger partial charge is 0.467 e. The third kappa shape index (κ3) is 4.75. The first-order chi connectivity index (χ1) is 10.7. The van der Waals surface area contributed by atoms with Crippen molar-refractivity contribution in [3.05, 3.63) is 59.7 Å². The zero-order valence-corrected chi connectivity index (χ0v) is 12.6. The van der Waals surface area contributed by atoms with E-state index >= 15 is 0 Å². The second kappa shape index (κ2) is 8.00. The van der Waals surface area contributed by atoms with Gasteiger partial charge in [0, 0.05) is 19.6 Å². The molecule has 2 aromatic carbocycles. The smallest absolute Gasteiger partial charge is 0.308 e. The molecule has 114 valence electrons. The topological polar surface area (TPSA) is 44.8 Å². The van der Waals surface area contributed by atoms with Gasteiger partial charge < -0.3 is 14.2 Å². The molecule has 0 saturated carbocycles. The highest BCUT2D eigenvalue weighted by Gasteiger charge is 2.00. The summed E-state index contributed by atoms with van der Waals surface area (Å²) >= 11 is 0. The van der Waals surface area contributed by atoms with E-state index in [0.29, 0.717) is 5.75 Å². The van der Waals surface area contributed by atoms with Crippen LogP contribution in [-0.2, 0) is 9.53 Å². The van der Waals surface area contributed by atoms with Gasteiger partial charge in [0.25, 0.3) is 0 Å². The van der Waals surface area contributed by atoms with E-state index in [-0.39, 0.29) is 12.8 Å². The van der Waals surface area contributed by atoms with Crippen LogP contribution in [0.2, 0.25) is 0 Å². The summed E-state index contributed by atoms with van der Waals surface area (Å²) < 4.78 is 15.4. The summed E-state index contributed by atoms with van der Waals surface area (Å²) in [6.45, 7) is 1.59. The standard InChI is InChI=1S/C18H18O4/c1-14(19)22-17-11-8-15(9-12-17)7-10-16-5-3-4-6-18(16)21-13-20-2/h3-12H,13H2,1-2H3/b10-7-. The number of carbonyl (C=O) groups is 1. The predicted octanol–water partition coefficient (Wildman–Crippen LogP) is 3.77. The molecule has 0 N–H and O–H groups in total. The molecule has 0 aliphatic rings. The van der Waals surface area contributed by atoms with E-state index in [2.05, 4.69) is 0 Å². The molecule has 0 unspecified atom stereocenters. The molecule has 4 heteroatoms. The minimum Gasteiger partial charge on any atom is -0.467 e. The van der Waals surface area contributed by atoms with E-state index in [1.165, 1.54) is 6.92 Å². The summed E-state index contributed by atoms with van der Waals surface area (Å²) in [5.74, 6) is 0.970. The second-order valence-electron chi connectivity index (χ2n) is 4.58. The van der Waals surface area contributed by atoms with Gasteiger partial charge in [-0.15, -0.1) is 0 Å². The highest BCUT2D eigenvalue weighted by atomic mass is 16.7. The summed E-state index contributed by atoms with van der Waals surface area (Å²) in [6, 6.07) is 15.0. The monoisotopic (exact) mass is 298 g/mol. The minimum absolute atomic E-state index is 0.210. The number of benzene rings is 2. The molecular weight excluding hydrogens is 280 g/mol. The van der Waals surface area contributed by atoms with Crippen LogP contribution in [0.15, 0.2) is 48.5 Å². The van der Waals surface area contributed by atoms with Crippen molar-refractivity contribution in [1.29, 1.82) is 0 Å². The van der Waals surface area contributed by atoms with E-state index in [9.17, 15) is 4.79 Å². The lowest BCUT2D eigenvalue weighted by molar-refractivity contribution is -0.131. The molecule has 4 nitrogen and oxygen atoms in total. The van der Waals surface area contributed by atoms with Gasteiger partial charge in [0.2, 0.25) is 0 Å². The lowest BCUT2D eigenvalue weighted by Crippen LogP contribution is -2.00. The minimum atomic E-state index is -0.326. The van der Waals surface area contributed by atoms with Crippen molar-refractivity contribution in [2.24, 2.45) is 0 Å². The first-order valence-corrected chi connectivity index (χ1v) is 6.86. The highest BCUT2D eigenvalue weighted by Crippen LogP contribution is 2.21. The quantitative estimate of drug-likeness (QED) is 0.352. The fourth-order valence-electron chi connectivity index (χ4n) is 1.87. The number of hydrogen-bond acceptors (Lipinski definition) is 4. The van der Waals surface area contributed by atoms with E-state index in [1.807, 2.05) is 48.6 Å².